The maximum Gasteiger partial charge on any atom is 0.308 e. The smallest absolute Gasteiger partial charge is 0.308 e. The topological polar surface area (TPSA) is 104 Å². The number of carbonyl (C=O) groups is 3. The average molecular weight is 631 g/mol. The van der Waals surface area contributed by atoms with Crippen LogP contribution in [0.1, 0.15) is 54.9 Å². The Morgan fingerprint density at radius 2 is 1.53 bits per heavy atom. The molecule has 8 nitrogen and oxygen atoms in total. The van der Waals surface area contributed by atoms with Crippen molar-refractivity contribution >= 4 is 40.0 Å². The molecule has 0 spiro atoms. The van der Waals surface area contributed by atoms with Crippen molar-refractivity contribution in [3.05, 3.63) is 75.2 Å². The van der Waals surface area contributed by atoms with Crippen LogP contribution in [-0.2, 0) is 25.7 Å². The highest BCUT2D eigenvalue weighted by molar-refractivity contribution is 6.31. The van der Waals surface area contributed by atoms with Gasteiger partial charge in [-0.25, -0.2) is 8.78 Å². The minimum atomic E-state index is -1.87. The van der Waals surface area contributed by atoms with Crippen molar-refractivity contribution in [1.82, 2.24) is 9.88 Å². The summed E-state index contributed by atoms with van der Waals surface area (Å²) in [6, 6.07) is 4.53. The number of halogens is 5. The lowest BCUT2D eigenvalue weighted by Crippen LogP contribution is -2.46. The van der Waals surface area contributed by atoms with E-state index >= 15 is 0 Å². The Labute approximate surface area is 251 Å². The van der Waals surface area contributed by atoms with Crippen molar-refractivity contribution in [2.45, 2.75) is 73.1 Å². The molecule has 0 aliphatic rings. The van der Waals surface area contributed by atoms with E-state index in [2.05, 4.69) is 10.1 Å². The molecule has 0 bridgehead atoms. The Morgan fingerprint density at radius 1 is 0.953 bits per heavy atom. The highest BCUT2D eigenvalue weighted by atomic mass is 35.5. The van der Waals surface area contributed by atoms with Crippen LogP contribution in [-0.4, -0.2) is 40.5 Å². The van der Waals surface area contributed by atoms with Crippen molar-refractivity contribution < 1.29 is 41.4 Å². The number of ether oxygens (including phenoxy) is 2. The number of nitrogens with one attached hydrogen (secondary N) is 1. The van der Waals surface area contributed by atoms with E-state index in [1.165, 1.54) is 12.3 Å². The lowest BCUT2D eigenvalue weighted by Gasteiger charge is -2.22. The maximum absolute atomic E-state index is 13.9. The van der Waals surface area contributed by atoms with Crippen LogP contribution in [0.25, 0.3) is 10.8 Å². The first-order valence-electron chi connectivity index (χ1n) is 13.4. The molecule has 0 radical (unpaired) electrons. The van der Waals surface area contributed by atoms with Crippen LogP contribution >= 0.6 is 11.6 Å². The van der Waals surface area contributed by atoms with Gasteiger partial charge in [-0.1, -0.05) is 45.4 Å². The monoisotopic (exact) mass is 630 g/mol. The summed E-state index contributed by atoms with van der Waals surface area (Å²) in [7, 11) is 0. The first-order chi connectivity index (χ1) is 20.2. The average Bonchev–Trinajstić information content (AvgIpc) is 2.94. The van der Waals surface area contributed by atoms with Crippen LogP contribution in [0.2, 0.25) is 5.02 Å². The van der Waals surface area contributed by atoms with Gasteiger partial charge in [0, 0.05) is 22.7 Å². The lowest BCUT2D eigenvalue weighted by molar-refractivity contribution is -0.156. The molecule has 1 amide bonds. The highest BCUT2D eigenvalue weighted by Gasteiger charge is 2.29. The van der Waals surface area contributed by atoms with Gasteiger partial charge in [-0.05, 0) is 44.4 Å². The molecule has 236 valence electrons. The number of nitrogens with zero attached hydrogens (tertiary/aromatic N) is 1. The molecule has 0 saturated carbocycles. The summed E-state index contributed by atoms with van der Waals surface area (Å²) in [6.45, 7) is 10.9. The number of aromatic nitrogens is 1. The van der Waals surface area contributed by atoms with Crippen LogP contribution in [0.4, 0.5) is 17.6 Å². The second kappa shape index (κ2) is 16.6. The summed E-state index contributed by atoms with van der Waals surface area (Å²) in [6.07, 6.45) is 0.631. The van der Waals surface area contributed by atoms with E-state index in [0.29, 0.717) is 10.4 Å². The zero-order valence-electron chi connectivity index (χ0n) is 24.9. The van der Waals surface area contributed by atoms with Gasteiger partial charge in [0.2, 0.25) is 17.5 Å². The predicted octanol–water partition coefficient (Wildman–Crippen LogP) is 6.13. The molecular formula is C30H35ClF4N2O6. The fraction of sp³-hybridized carbons (Fsp3) is 0.400. The molecule has 0 aliphatic heterocycles. The molecule has 1 N–H and O–H groups in total. The van der Waals surface area contributed by atoms with Gasteiger partial charge in [0.1, 0.15) is 24.8 Å². The minimum Gasteiger partial charge on any atom is -0.479 e. The van der Waals surface area contributed by atoms with Gasteiger partial charge in [-0.2, -0.15) is 8.78 Å². The predicted molar refractivity (Wildman–Crippen MR) is 155 cm³/mol. The second-order valence-electron chi connectivity index (χ2n) is 9.44. The van der Waals surface area contributed by atoms with Gasteiger partial charge >= 0.3 is 5.97 Å². The fourth-order valence-electron chi connectivity index (χ4n) is 3.49. The van der Waals surface area contributed by atoms with Crippen molar-refractivity contribution in [2.75, 3.05) is 6.61 Å². The van der Waals surface area contributed by atoms with Crippen LogP contribution < -0.4 is 15.6 Å². The van der Waals surface area contributed by atoms with E-state index in [1.807, 2.05) is 27.7 Å². The molecule has 2 aromatic carbocycles. The number of benzene rings is 2. The van der Waals surface area contributed by atoms with Crippen molar-refractivity contribution in [3.8, 4) is 5.75 Å². The van der Waals surface area contributed by atoms with E-state index in [4.69, 9.17) is 16.3 Å². The highest BCUT2D eigenvalue weighted by Crippen LogP contribution is 2.26. The number of hydrogen-bond acceptors (Lipinski definition) is 6. The Hall–Kier alpha value is -3.93. The van der Waals surface area contributed by atoms with E-state index in [9.17, 15) is 36.7 Å². The number of pyridine rings is 1. The third-order valence-corrected chi connectivity index (χ3v) is 5.43. The quantitative estimate of drug-likeness (QED) is 0.173. The SMILES string of the molecule is CC.CC.CC(C)(C)OC(=O)CC(NC(=O)Cn1ccc2ccc(Cl)cc2c1=O)C(=O)COc1c(F)c(F)cc(F)c1F. The Bertz CT molecular complexity index is 1480. The van der Waals surface area contributed by atoms with E-state index in [0.717, 1.165) is 4.57 Å². The number of ketones is 1. The zero-order valence-corrected chi connectivity index (χ0v) is 25.7. The molecule has 13 heteroatoms. The standard InChI is InChI=1S/C26H23ClF4N2O6.2C2H6/c1-26(2,3)39-21(36)10-18(19(34)12-38-24-22(30)16(28)9-17(29)23(24)31)32-20(35)11-33-7-6-13-4-5-14(27)8-15(13)25(33)37;2*1-2/h4-9,18H,10-12H2,1-3H3,(H,32,35);2*1-2H3. The van der Waals surface area contributed by atoms with Crippen LogP contribution in [0.15, 0.2) is 41.3 Å². The zero-order chi connectivity index (χ0) is 33.1. The molecule has 1 unspecified atom stereocenters. The van der Waals surface area contributed by atoms with Crippen LogP contribution in [0, 0.1) is 23.3 Å². The van der Waals surface area contributed by atoms with Crippen molar-refractivity contribution in [3.63, 3.8) is 0 Å². The fourth-order valence-corrected chi connectivity index (χ4v) is 3.66. The minimum absolute atomic E-state index is 0.0342. The number of amides is 1. The second-order valence-corrected chi connectivity index (χ2v) is 9.88. The van der Waals surface area contributed by atoms with Gasteiger partial charge < -0.3 is 19.4 Å². The molecule has 0 saturated heterocycles. The molecule has 3 rings (SSSR count). The van der Waals surface area contributed by atoms with Gasteiger partial charge in [0.25, 0.3) is 5.56 Å². The molecule has 1 atom stereocenters. The maximum atomic E-state index is 13.9. The summed E-state index contributed by atoms with van der Waals surface area (Å²) >= 11 is 5.95. The first kappa shape index (κ1) is 37.1. The Kier molecular flexibility index (Phi) is 14.4. The molecule has 0 aliphatic carbocycles. The number of fused-ring (bicyclic) bond motifs is 1. The van der Waals surface area contributed by atoms with Crippen LogP contribution in [0.5, 0.6) is 5.75 Å². The van der Waals surface area contributed by atoms with E-state index < -0.39 is 83.5 Å². The Balaban J connectivity index is 0.00000221. The summed E-state index contributed by atoms with van der Waals surface area (Å²) in [5.74, 6) is -11.6. The van der Waals surface area contributed by atoms with Gasteiger partial charge in [0.05, 0.1) is 6.42 Å². The summed E-state index contributed by atoms with van der Waals surface area (Å²) < 4.78 is 65.6. The third kappa shape index (κ3) is 10.7. The van der Waals surface area contributed by atoms with Gasteiger partial charge in [-0.3, -0.25) is 19.2 Å². The lowest BCUT2D eigenvalue weighted by atomic mass is 10.1. The number of Topliss-reactive ketones (excluding diaryl/α,β-unsaturated/α-hetero) is 1. The Morgan fingerprint density at radius 3 is 2.09 bits per heavy atom. The molecule has 0 fully saturated rings. The van der Waals surface area contributed by atoms with Crippen molar-refractivity contribution in [1.29, 1.82) is 0 Å². The largest absolute Gasteiger partial charge is 0.479 e. The molecule has 1 heterocycles. The summed E-state index contributed by atoms with van der Waals surface area (Å²) in [5, 5.41) is 3.38. The normalized spacial score (nSPS) is 11.3. The van der Waals surface area contributed by atoms with Crippen LogP contribution in [0.3, 0.4) is 0 Å². The third-order valence-electron chi connectivity index (χ3n) is 5.20. The first-order valence-corrected chi connectivity index (χ1v) is 13.8. The molecular weight excluding hydrogens is 596 g/mol. The summed E-state index contributed by atoms with van der Waals surface area (Å²) in [4.78, 5) is 50.7. The number of esters is 1. The summed E-state index contributed by atoms with van der Waals surface area (Å²) in [5.41, 5.74) is -1.50. The van der Waals surface area contributed by atoms with E-state index in [-0.39, 0.29) is 11.5 Å². The number of hydrogen-bond donors (Lipinski definition) is 1. The number of rotatable bonds is 9. The van der Waals surface area contributed by atoms with Crippen molar-refractivity contribution in [2.24, 2.45) is 0 Å². The van der Waals surface area contributed by atoms with Gasteiger partial charge in [-0.15, -0.1) is 0 Å². The molecule has 43 heavy (non-hydrogen) atoms. The number of carbonyl (C=O) groups excluding carboxylic acids is 3. The van der Waals surface area contributed by atoms with Gasteiger partial charge in [0.15, 0.2) is 23.2 Å². The molecule has 1 aromatic heterocycles. The van der Waals surface area contributed by atoms with E-state index in [1.54, 1.807) is 39.0 Å². The molecule has 3 aromatic rings.